The number of carbonyl (C=O) groups is 1. The molecule has 174 valence electrons. The molecule has 0 fully saturated rings. The Morgan fingerprint density at radius 2 is 1.94 bits per heavy atom. The van der Waals surface area contributed by atoms with Crippen LogP contribution in [0.3, 0.4) is 0 Å². The van der Waals surface area contributed by atoms with Gasteiger partial charge >= 0.3 is 0 Å². The van der Waals surface area contributed by atoms with Crippen LogP contribution in [0.2, 0.25) is 0 Å². The van der Waals surface area contributed by atoms with Gasteiger partial charge < -0.3 is 21.9 Å². The second-order valence-electron chi connectivity index (χ2n) is 8.23. The zero-order chi connectivity index (χ0) is 24.1. The van der Waals surface area contributed by atoms with E-state index in [1.165, 1.54) is 11.3 Å². The predicted molar refractivity (Wildman–Crippen MR) is 136 cm³/mol. The van der Waals surface area contributed by atoms with E-state index in [1.807, 2.05) is 49.4 Å². The summed E-state index contributed by atoms with van der Waals surface area (Å²) in [6.45, 7) is 2.54. The molecule has 4 rings (SSSR count). The van der Waals surface area contributed by atoms with Gasteiger partial charge in [-0.05, 0) is 59.9 Å². The molecule has 2 unspecified atom stereocenters. The van der Waals surface area contributed by atoms with Crippen LogP contribution >= 0.6 is 11.3 Å². The van der Waals surface area contributed by atoms with Crippen LogP contribution in [0.4, 0.5) is 0 Å². The molecule has 2 atom stereocenters. The number of aryl methyl sites for hydroxylation is 1. The number of nitrogens with two attached hydrogens (primary N) is 2. The smallest absolute Gasteiger partial charge is 0.261 e. The number of aromatic nitrogens is 1. The molecule has 4 aromatic rings. The van der Waals surface area contributed by atoms with Gasteiger partial charge in [-0.25, -0.2) is 0 Å². The Morgan fingerprint density at radius 1 is 1.12 bits per heavy atom. The molecule has 0 spiro atoms. The normalized spacial score (nSPS) is 12.8. The number of hydrogen-bond donors (Lipinski definition) is 4. The summed E-state index contributed by atoms with van der Waals surface area (Å²) in [7, 11) is 0. The Labute approximate surface area is 203 Å². The van der Waals surface area contributed by atoms with Gasteiger partial charge in [-0.15, -0.1) is 11.3 Å². The monoisotopic (exact) mass is 472 g/mol. The zero-order valence-corrected chi connectivity index (χ0v) is 19.8. The molecule has 0 aliphatic carbocycles. The van der Waals surface area contributed by atoms with Crippen LogP contribution in [0.1, 0.15) is 50.4 Å². The molecular weight excluding hydrogens is 444 g/mol. The summed E-state index contributed by atoms with van der Waals surface area (Å²) >= 11 is 1.43. The highest BCUT2D eigenvalue weighted by Gasteiger charge is 2.23. The lowest BCUT2D eigenvalue weighted by molar-refractivity contribution is 0.0937. The Morgan fingerprint density at radius 3 is 2.65 bits per heavy atom. The molecule has 6 N–H and O–H groups in total. The van der Waals surface area contributed by atoms with E-state index in [0.29, 0.717) is 23.4 Å². The van der Waals surface area contributed by atoms with E-state index in [2.05, 4.69) is 16.4 Å². The third-order valence-corrected chi connectivity index (χ3v) is 6.96. The van der Waals surface area contributed by atoms with E-state index in [9.17, 15) is 9.90 Å². The van der Waals surface area contributed by atoms with E-state index in [1.54, 1.807) is 30.6 Å². The first kappa shape index (κ1) is 23.6. The number of benzene rings is 2. The van der Waals surface area contributed by atoms with Crippen molar-refractivity contribution in [2.24, 2.45) is 11.5 Å². The first-order valence-electron chi connectivity index (χ1n) is 11.1. The van der Waals surface area contributed by atoms with Crippen LogP contribution in [0, 0.1) is 6.92 Å². The fourth-order valence-electron chi connectivity index (χ4n) is 3.99. The van der Waals surface area contributed by atoms with Gasteiger partial charge in [0.25, 0.3) is 5.91 Å². The maximum atomic E-state index is 13.2. The van der Waals surface area contributed by atoms with Gasteiger partial charge in [0.2, 0.25) is 0 Å². The molecule has 34 heavy (non-hydrogen) atoms. The van der Waals surface area contributed by atoms with Crippen molar-refractivity contribution in [1.82, 2.24) is 10.3 Å². The third-order valence-electron chi connectivity index (χ3n) is 5.84. The average Bonchev–Trinajstić information content (AvgIpc) is 3.34. The van der Waals surface area contributed by atoms with E-state index in [-0.39, 0.29) is 17.7 Å². The minimum Gasteiger partial charge on any atom is -0.508 e. The zero-order valence-electron chi connectivity index (χ0n) is 18.9. The molecular formula is C27H28N4O2S. The molecule has 2 aromatic heterocycles. The van der Waals surface area contributed by atoms with Crippen LogP contribution in [0.15, 0.2) is 79.1 Å². The summed E-state index contributed by atoms with van der Waals surface area (Å²) in [5.74, 6) is -0.0900. The van der Waals surface area contributed by atoms with Crippen molar-refractivity contribution in [3.8, 4) is 16.2 Å². The number of aromatic hydroxyl groups is 1. The molecule has 2 heterocycles. The van der Waals surface area contributed by atoms with E-state index in [4.69, 9.17) is 11.5 Å². The van der Waals surface area contributed by atoms with Crippen LogP contribution in [0.5, 0.6) is 5.75 Å². The Hall–Kier alpha value is -3.52. The van der Waals surface area contributed by atoms with Gasteiger partial charge in [-0.3, -0.25) is 9.78 Å². The van der Waals surface area contributed by atoms with Crippen LogP contribution in [-0.2, 0) is 6.54 Å². The summed E-state index contributed by atoms with van der Waals surface area (Å²) in [5, 5.41) is 13.5. The highest BCUT2D eigenvalue weighted by Crippen LogP contribution is 2.33. The number of pyridine rings is 1. The number of phenolic OH excluding ortho intramolecular Hbond substituents is 1. The Bertz CT molecular complexity index is 1270. The first-order valence-corrected chi connectivity index (χ1v) is 11.9. The second-order valence-corrected chi connectivity index (χ2v) is 9.31. The maximum Gasteiger partial charge on any atom is 0.261 e. The lowest BCUT2D eigenvalue weighted by atomic mass is 9.95. The van der Waals surface area contributed by atoms with Gasteiger partial charge in [-0.1, -0.05) is 42.5 Å². The maximum absolute atomic E-state index is 13.2. The highest BCUT2D eigenvalue weighted by molar-refractivity contribution is 7.17. The summed E-state index contributed by atoms with van der Waals surface area (Å²) in [5.41, 5.74) is 17.0. The van der Waals surface area contributed by atoms with Crippen molar-refractivity contribution in [3.63, 3.8) is 0 Å². The number of amides is 1. The van der Waals surface area contributed by atoms with Crippen LogP contribution < -0.4 is 16.8 Å². The number of thiophene rings is 1. The molecule has 1 amide bonds. The highest BCUT2D eigenvalue weighted by atomic mass is 32.1. The van der Waals surface area contributed by atoms with Crippen molar-refractivity contribution < 1.29 is 9.90 Å². The summed E-state index contributed by atoms with van der Waals surface area (Å²) in [6.07, 6.45) is 3.82. The summed E-state index contributed by atoms with van der Waals surface area (Å²) < 4.78 is 0. The molecule has 2 aromatic carbocycles. The minimum atomic E-state index is -0.472. The number of para-hydroxylation sites is 1. The molecule has 0 bridgehead atoms. The van der Waals surface area contributed by atoms with Crippen molar-refractivity contribution in [2.75, 3.05) is 0 Å². The average molecular weight is 473 g/mol. The van der Waals surface area contributed by atoms with E-state index < -0.39 is 6.04 Å². The molecule has 0 aliphatic heterocycles. The fourth-order valence-corrected chi connectivity index (χ4v) is 4.99. The van der Waals surface area contributed by atoms with Gasteiger partial charge in [0, 0.05) is 35.4 Å². The molecule has 0 saturated heterocycles. The third kappa shape index (κ3) is 5.34. The number of hydrogen-bond acceptors (Lipinski definition) is 6. The van der Waals surface area contributed by atoms with Crippen LogP contribution in [0.25, 0.3) is 10.4 Å². The number of carbonyl (C=O) groups excluding carboxylic acids is 1. The van der Waals surface area contributed by atoms with Crippen molar-refractivity contribution >= 4 is 17.2 Å². The standard InChI is InChI=1S/C27H28N4O2S/c1-17-13-18(15-28)8-9-20(17)25-10-11-26(34-25)27(33)31-23(21-6-2-3-7-24(21)32)14-22(29)19-5-4-12-30-16-19/h2-13,16,22-23,32H,14-15,28-29H2,1H3,(H,31,33). The lowest BCUT2D eigenvalue weighted by Crippen LogP contribution is -2.30. The topological polar surface area (TPSA) is 114 Å². The van der Waals surface area contributed by atoms with Crippen molar-refractivity contribution in [3.05, 3.63) is 106 Å². The molecule has 0 aliphatic rings. The van der Waals surface area contributed by atoms with Gasteiger partial charge in [0.05, 0.1) is 10.9 Å². The van der Waals surface area contributed by atoms with E-state index in [0.717, 1.165) is 27.1 Å². The first-order chi connectivity index (χ1) is 16.5. The van der Waals surface area contributed by atoms with Crippen molar-refractivity contribution in [1.29, 1.82) is 0 Å². The Kier molecular flexibility index (Phi) is 7.37. The predicted octanol–water partition coefficient (Wildman–Crippen LogP) is 4.84. The molecule has 6 nitrogen and oxygen atoms in total. The quantitative estimate of drug-likeness (QED) is 0.293. The molecule has 0 radical (unpaired) electrons. The number of nitrogens with one attached hydrogen (secondary N) is 1. The van der Waals surface area contributed by atoms with E-state index >= 15 is 0 Å². The summed E-state index contributed by atoms with van der Waals surface area (Å²) in [4.78, 5) is 19.0. The largest absolute Gasteiger partial charge is 0.508 e. The van der Waals surface area contributed by atoms with Gasteiger partial charge in [-0.2, -0.15) is 0 Å². The molecule has 0 saturated carbocycles. The fraction of sp³-hybridized carbons (Fsp3) is 0.185. The summed E-state index contributed by atoms with van der Waals surface area (Å²) in [6, 6.07) is 19.8. The molecule has 7 heteroatoms. The lowest BCUT2D eigenvalue weighted by Gasteiger charge is -2.23. The van der Waals surface area contributed by atoms with Gasteiger partial charge in [0.15, 0.2) is 0 Å². The van der Waals surface area contributed by atoms with Crippen molar-refractivity contribution in [2.45, 2.75) is 32.0 Å². The van der Waals surface area contributed by atoms with Crippen LogP contribution in [-0.4, -0.2) is 16.0 Å². The number of phenols is 1. The minimum absolute atomic E-state index is 0.119. The SMILES string of the molecule is Cc1cc(CN)ccc1-c1ccc(C(=O)NC(CC(N)c2cccnc2)c2ccccc2O)s1. The number of rotatable bonds is 8. The van der Waals surface area contributed by atoms with Gasteiger partial charge in [0.1, 0.15) is 5.75 Å². The number of nitrogens with zero attached hydrogens (tertiary/aromatic N) is 1. The Balaban J connectivity index is 1.57. The second kappa shape index (κ2) is 10.6.